The van der Waals surface area contributed by atoms with E-state index >= 15 is 0 Å². The number of fused-ring (bicyclic) bond motifs is 1. The third kappa shape index (κ3) is 6.10. The molecular weight excluding hydrogens is 550 g/mol. The first-order chi connectivity index (χ1) is 20.3. The summed E-state index contributed by atoms with van der Waals surface area (Å²) in [7, 11) is 1.30. The lowest BCUT2D eigenvalue weighted by Gasteiger charge is -2.46. The molecule has 5 rings (SSSR count). The summed E-state index contributed by atoms with van der Waals surface area (Å²) in [6.07, 6.45) is 2.99. The maximum atomic E-state index is 12.6. The largest absolute Gasteiger partial charge is 0.497 e. The third-order valence-corrected chi connectivity index (χ3v) is 13.3. The normalized spacial score (nSPS) is 21.5. The number of anilines is 1. The Bertz CT molecular complexity index is 1360. The fraction of sp³-hybridized carbons (Fsp3) is 0.516. The summed E-state index contributed by atoms with van der Waals surface area (Å²) in [5.74, 6) is 1.79. The molecule has 11 heteroatoms. The van der Waals surface area contributed by atoms with Crippen LogP contribution in [0.4, 0.5) is 5.69 Å². The van der Waals surface area contributed by atoms with E-state index in [4.69, 9.17) is 14.2 Å². The molecule has 0 spiro atoms. The van der Waals surface area contributed by atoms with Gasteiger partial charge >= 0.3 is 0 Å². The fourth-order valence-corrected chi connectivity index (χ4v) is 10.0. The molecule has 1 unspecified atom stereocenters. The van der Waals surface area contributed by atoms with Crippen molar-refractivity contribution in [2.45, 2.75) is 57.2 Å². The molecule has 3 heterocycles. The number of hydrogen-bond acceptors (Lipinski definition) is 8. The number of aryl methyl sites for hydroxylation is 1. The predicted octanol–water partition coefficient (Wildman–Crippen LogP) is 2.92. The Morgan fingerprint density at radius 2 is 1.98 bits per heavy atom. The molecular formula is C31H43N5O5Si. The highest BCUT2D eigenvalue weighted by molar-refractivity contribution is 6.91. The summed E-state index contributed by atoms with van der Waals surface area (Å²) in [5, 5.41) is 22.3. The van der Waals surface area contributed by atoms with Crippen molar-refractivity contribution in [3.05, 3.63) is 59.9 Å². The summed E-state index contributed by atoms with van der Waals surface area (Å²) >= 11 is 0. The van der Waals surface area contributed by atoms with Gasteiger partial charge in [0.25, 0.3) is 0 Å². The summed E-state index contributed by atoms with van der Waals surface area (Å²) in [6.45, 7) is 9.52. The van der Waals surface area contributed by atoms with Gasteiger partial charge in [-0.05, 0) is 42.3 Å². The van der Waals surface area contributed by atoms with Crippen molar-refractivity contribution in [2.24, 2.45) is 5.92 Å². The van der Waals surface area contributed by atoms with Crippen LogP contribution < -0.4 is 24.9 Å². The lowest BCUT2D eigenvalue weighted by molar-refractivity contribution is -0.118. The lowest BCUT2D eigenvalue weighted by atomic mass is 9.86. The zero-order valence-corrected chi connectivity index (χ0v) is 26.2. The second-order valence-electron chi connectivity index (χ2n) is 11.8. The Morgan fingerprint density at radius 3 is 2.67 bits per heavy atom. The Hall–Kier alpha value is -3.25. The van der Waals surface area contributed by atoms with Gasteiger partial charge in [-0.1, -0.05) is 42.6 Å². The lowest BCUT2D eigenvalue weighted by Crippen LogP contribution is -2.54. The second kappa shape index (κ2) is 12.9. The number of benzene rings is 2. The first-order valence-electron chi connectivity index (χ1n) is 14.8. The van der Waals surface area contributed by atoms with E-state index in [1.54, 1.807) is 14.2 Å². The van der Waals surface area contributed by atoms with Gasteiger partial charge < -0.3 is 29.5 Å². The summed E-state index contributed by atoms with van der Waals surface area (Å²) in [4.78, 5) is 14.4. The van der Waals surface area contributed by atoms with E-state index in [9.17, 15) is 9.90 Å². The number of piperazine rings is 1. The van der Waals surface area contributed by atoms with Crippen molar-refractivity contribution in [1.82, 2.24) is 20.3 Å². The van der Waals surface area contributed by atoms with E-state index < -0.39 is 8.07 Å². The van der Waals surface area contributed by atoms with Crippen LogP contribution in [0, 0.1) is 5.92 Å². The highest BCUT2D eigenvalue weighted by Gasteiger charge is 2.47. The van der Waals surface area contributed by atoms with Crippen molar-refractivity contribution < 1.29 is 24.1 Å². The maximum Gasteiger partial charge on any atom is 0.240 e. The quantitative estimate of drug-likeness (QED) is 0.327. The average Bonchev–Trinajstić information content (AvgIpc) is 3.45. The summed E-state index contributed by atoms with van der Waals surface area (Å²) in [5.41, 5.74) is 2.87. The van der Waals surface area contributed by atoms with Gasteiger partial charge in [0.15, 0.2) is 0 Å². The van der Waals surface area contributed by atoms with Gasteiger partial charge in [0.2, 0.25) is 5.91 Å². The number of aliphatic hydroxyl groups excluding tert-OH is 1. The number of hydrogen-bond donors (Lipinski definition) is 2. The molecule has 4 atom stereocenters. The van der Waals surface area contributed by atoms with Crippen molar-refractivity contribution in [3.63, 3.8) is 0 Å². The van der Waals surface area contributed by atoms with Crippen LogP contribution in [0.5, 0.6) is 11.5 Å². The molecule has 2 aliphatic rings. The third-order valence-electron chi connectivity index (χ3n) is 8.99. The number of amides is 1. The van der Waals surface area contributed by atoms with Crippen molar-refractivity contribution >= 4 is 24.9 Å². The standard InChI is InChI=1S/C31H43N5O5Si/c1-21-30(40-3)26-18-23(36-16-14-32-19-29(36)38)6-11-27(26)41-31(21)28(12-15-35-20-22(13-17-37)33-34-35)42(4,5)25-9-7-24(39-2)8-10-25/h6-11,18,20-21,28,30-32,37H,12-17,19H2,1-5H3/t21-,28?,30-,31-/m1/s1. The Morgan fingerprint density at radius 1 is 1.19 bits per heavy atom. The summed E-state index contributed by atoms with van der Waals surface area (Å²) < 4.78 is 20.4. The molecule has 1 saturated heterocycles. The number of carbonyl (C=O) groups is 1. The molecule has 1 fully saturated rings. The van der Waals surface area contributed by atoms with Crippen molar-refractivity contribution in [3.8, 4) is 11.5 Å². The Labute approximate surface area is 249 Å². The number of aliphatic hydroxyl groups is 1. The maximum absolute atomic E-state index is 12.6. The summed E-state index contributed by atoms with van der Waals surface area (Å²) in [6, 6.07) is 14.5. The highest BCUT2D eigenvalue weighted by Crippen LogP contribution is 2.48. The number of carbonyl (C=O) groups excluding carboxylic acids is 1. The molecule has 2 aliphatic heterocycles. The number of rotatable bonds is 11. The van der Waals surface area contributed by atoms with Crippen LogP contribution in [0.3, 0.4) is 0 Å². The van der Waals surface area contributed by atoms with Gasteiger partial charge in [-0.2, -0.15) is 0 Å². The van der Waals surface area contributed by atoms with E-state index in [1.165, 1.54) is 5.19 Å². The minimum absolute atomic E-state index is 0.0501. The zero-order chi connectivity index (χ0) is 29.9. The minimum atomic E-state index is -2.14. The molecule has 10 nitrogen and oxygen atoms in total. The molecule has 2 N–H and O–H groups in total. The molecule has 2 aromatic carbocycles. The van der Waals surface area contributed by atoms with Crippen LogP contribution in [-0.4, -0.2) is 80.6 Å². The van der Waals surface area contributed by atoms with Crippen LogP contribution in [0.15, 0.2) is 48.7 Å². The van der Waals surface area contributed by atoms with Gasteiger partial charge in [-0.3, -0.25) is 9.48 Å². The van der Waals surface area contributed by atoms with E-state index in [2.05, 4.69) is 53.8 Å². The van der Waals surface area contributed by atoms with Gasteiger partial charge in [0.1, 0.15) is 17.6 Å². The van der Waals surface area contributed by atoms with E-state index in [1.807, 2.05) is 40.0 Å². The molecule has 0 bridgehead atoms. The molecule has 0 saturated carbocycles. The molecule has 1 amide bonds. The molecule has 0 aliphatic carbocycles. The zero-order valence-electron chi connectivity index (χ0n) is 25.2. The molecule has 0 radical (unpaired) electrons. The minimum Gasteiger partial charge on any atom is -0.497 e. The molecule has 226 valence electrons. The Kier molecular flexibility index (Phi) is 9.31. The average molecular weight is 594 g/mol. The first-order valence-corrected chi connectivity index (χ1v) is 17.8. The van der Waals surface area contributed by atoms with E-state index in [0.29, 0.717) is 26.1 Å². The van der Waals surface area contributed by atoms with Crippen molar-refractivity contribution in [1.29, 1.82) is 0 Å². The SMILES string of the molecule is COc1ccc([Si](C)(C)C(CCn2cc(CCO)nn2)[C@@H]2Oc3ccc(N4CCNCC4=O)cc3[C@H](OC)[C@H]2C)cc1. The van der Waals surface area contributed by atoms with Gasteiger partial charge in [0.05, 0.1) is 33.5 Å². The molecule has 1 aromatic heterocycles. The van der Waals surface area contributed by atoms with Crippen LogP contribution in [0.2, 0.25) is 18.6 Å². The number of nitrogens with zero attached hydrogens (tertiary/aromatic N) is 4. The topological polar surface area (TPSA) is 111 Å². The number of methoxy groups -OCH3 is 2. The Balaban J connectivity index is 1.48. The predicted molar refractivity (Wildman–Crippen MR) is 164 cm³/mol. The highest BCUT2D eigenvalue weighted by atomic mass is 28.3. The molecule has 3 aromatic rings. The monoisotopic (exact) mass is 593 g/mol. The van der Waals surface area contributed by atoms with Crippen LogP contribution in [0.25, 0.3) is 0 Å². The number of ether oxygens (including phenoxy) is 3. The van der Waals surface area contributed by atoms with Gasteiger partial charge in [-0.15, -0.1) is 5.10 Å². The van der Waals surface area contributed by atoms with Gasteiger partial charge in [-0.25, -0.2) is 0 Å². The van der Waals surface area contributed by atoms with Crippen LogP contribution in [0.1, 0.15) is 30.7 Å². The molecule has 42 heavy (non-hydrogen) atoms. The van der Waals surface area contributed by atoms with Crippen LogP contribution in [-0.2, 0) is 22.5 Å². The van der Waals surface area contributed by atoms with Gasteiger partial charge in [0, 0.05) is 63.1 Å². The first kappa shape index (κ1) is 30.2. The smallest absolute Gasteiger partial charge is 0.240 e. The number of nitrogens with one attached hydrogen (secondary N) is 1. The van der Waals surface area contributed by atoms with Crippen molar-refractivity contribution in [2.75, 3.05) is 45.4 Å². The van der Waals surface area contributed by atoms with Crippen LogP contribution >= 0.6 is 0 Å². The fourth-order valence-electron chi connectivity index (χ4n) is 6.53. The van der Waals surface area contributed by atoms with E-state index in [0.717, 1.165) is 41.4 Å². The second-order valence-corrected chi connectivity index (χ2v) is 16.6. The van der Waals surface area contributed by atoms with E-state index in [-0.39, 0.29) is 36.2 Å². The number of aromatic nitrogens is 3.